The zero-order valence-corrected chi connectivity index (χ0v) is 10.9. The fourth-order valence-electron chi connectivity index (χ4n) is 2.41. The van der Waals surface area contributed by atoms with Crippen LogP contribution >= 0.6 is 0 Å². The van der Waals surface area contributed by atoms with E-state index < -0.39 is 0 Å². The maximum atomic E-state index is 8.74. The predicted octanol–water partition coefficient (Wildman–Crippen LogP) is 1.66. The second-order valence-electron chi connectivity index (χ2n) is 4.61. The SMILES string of the molecule is N/C(=N/O)c1ccnc(N2CCCc3ccccc32)n1. The number of anilines is 2. The monoisotopic (exact) mass is 269 g/mol. The van der Waals surface area contributed by atoms with Crippen molar-refractivity contribution in [3.8, 4) is 0 Å². The van der Waals surface area contributed by atoms with E-state index >= 15 is 0 Å². The number of oxime groups is 1. The highest BCUT2D eigenvalue weighted by atomic mass is 16.4. The van der Waals surface area contributed by atoms with Gasteiger partial charge in [0.05, 0.1) is 0 Å². The second kappa shape index (κ2) is 5.16. The van der Waals surface area contributed by atoms with Crippen molar-refractivity contribution in [2.75, 3.05) is 11.4 Å². The first-order valence-electron chi connectivity index (χ1n) is 6.46. The Bertz CT molecular complexity index is 656. The van der Waals surface area contributed by atoms with Crippen molar-refractivity contribution in [3.05, 3.63) is 47.8 Å². The molecule has 1 aromatic carbocycles. The number of nitrogens with two attached hydrogens (primary N) is 1. The highest BCUT2D eigenvalue weighted by Gasteiger charge is 2.20. The lowest BCUT2D eigenvalue weighted by atomic mass is 10.0. The van der Waals surface area contributed by atoms with Gasteiger partial charge in [-0.05, 0) is 30.5 Å². The van der Waals surface area contributed by atoms with Crippen LogP contribution < -0.4 is 10.6 Å². The number of rotatable bonds is 2. The van der Waals surface area contributed by atoms with Gasteiger partial charge >= 0.3 is 0 Å². The van der Waals surface area contributed by atoms with Crippen LogP contribution in [0, 0.1) is 0 Å². The fraction of sp³-hybridized carbons (Fsp3) is 0.214. The van der Waals surface area contributed by atoms with E-state index in [9.17, 15) is 0 Å². The van der Waals surface area contributed by atoms with Gasteiger partial charge in [-0.25, -0.2) is 9.97 Å². The number of hydrogen-bond donors (Lipinski definition) is 2. The summed E-state index contributed by atoms with van der Waals surface area (Å²) in [6.45, 7) is 0.858. The molecule has 0 bridgehead atoms. The van der Waals surface area contributed by atoms with Gasteiger partial charge in [0.1, 0.15) is 5.69 Å². The van der Waals surface area contributed by atoms with Gasteiger partial charge in [0.25, 0.3) is 0 Å². The van der Waals surface area contributed by atoms with Gasteiger partial charge in [-0.2, -0.15) is 0 Å². The van der Waals surface area contributed by atoms with E-state index in [0.29, 0.717) is 11.6 Å². The minimum atomic E-state index is -0.0149. The molecular formula is C14H15N5O. The van der Waals surface area contributed by atoms with E-state index in [4.69, 9.17) is 10.9 Å². The molecule has 0 saturated carbocycles. The predicted molar refractivity (Wildman–Crippen MR) is 76.3 cm³/mol. The zero-order valence-electron chi connectivity index (χ0n) is 10.9. The molecule has 0 amide bonds. The highest BCUT2D eigenvalue weighted by Crippen LogP contribution is 2.31. The van der Waals surface area contributed by atoms with Gasteiger partial charge in [0.2, 0.25) is 5.95 Å². The number of hydrogen-bond acceptors (Lipinski definition) is 5. The minimum absolute atomic E-state index is 0.0149. The molecule has 3 rings (SSSR count). The number of fused-ring (bicyclic) bond motifs is 1. The molecule has 20 heavy (non-hydrogen) atoms. The third-order valence-electron chi connectivity index (χ3n) is 3.36. The van der Waals surface area contributed by atoms with E-state index in [-0.39, 0.29) is 5.84 Å². The maximum Gasteiger partial charge on any atom is 0.230 e. The molecule has 0 saturated heterocycles. The number of amidine groups is 1. The van der Waals surface area contributed by atoms with Gasteiger partial charge in [-0.15, -0.1) is 0 Å². The molecule has 0 fully saturated rings. The number of aryl methyl sites for hydroxylation is 1. The number of para-hydroxylation sites is 1. The summed E-state index contributed by atoms with van der Waals surface area (Å²) in [5.74, 6) is 0.556. The lowest BCUT2D eigenvalue weighted by molar-refractivity contribution is 0.318. The highest BCUT2D eigenvalue weighted by molar-refractivity contribution is 5.95. The topological polar surface area (TPSA) is 87.6 Å². The first-order valence-corrected chi connectivity index (χ1v) is 6.46. The summed E-state index contributed by atoms with van der Waals surface area (Å²) in [6, 6.07) is 9.85. The van der Waals surface area contributed by atoms with Crippen molar-refractivity contribution in [1.29, 1.82) is 0 Å². The van der Waals surface area contributed by atoms with Crippen molar-refractivity contribution in [1.82, 2.24) is 9.97 Å². The van der Waals surface area contributed by atoms with Crippen LogP contribution in [0.25, 0.3) is 0 Å². The van der Waals surface area contributed by atoms with Crippen LogP contribution in [-0.4, -0.2) is 27.6 Å². The van der Waals surface area contributed by atoms with Crippen LogP contribution in [0.3, 0.4) is 0 Å². The van der Waals surface area contributed by atoms with Crippen molar-refractivity contribution in [3.63, 3.8) is 0 Å². The molecule has 6 nitrogen and oxygen atoms in total. The second-order valence-corrected chi connectivity index (χ2v) is 4.61. The summed E-state index contributed by atoms with van der Waals surface area (Å²) < 4.78 is 0. The van der Waals surface area contributed by atoms with Crippen molar-refractivity contribution < 1.29 is 5.21 Å². The van der Waals surface area contributed by atoms with Crippen LogP contribution in [0.5, 0.6) is 0 Å². The van der Waals surface area contributed by atoms with Crippen molar-refractivity contribution >= 4 is 17.5 Å². The van der Waals surface area contributed by atoms with Crippen LogP contribution in [0.2, 0.25) is 0 Å². The average molecular weight is 269 g/mol. The fourth-order valence-corrected chi connectivity index (χ4v) is 2.41. The first kappa shape index (κ1) is 12.4. The summed E-state index contributed by atoms with van der Waals surface area (Å²) in [6.07, 6.45) is 3.73. The number of nitrogens with zero attached hydrogens (tertiary/aromatic N) is 4. The Morgan fingerprint density at radius 3 is 3.00 bits per heavy atom. The Morgan fingerprint density at radius 1 is 1.30 bits per heavy atom. The first-order chi connectivity index (χ1) is 9.79. The Balaban J connectivity index is 2.02. The largest absolute Gasteiger partial charge is 0.409 e. The summed E-state index contributed by atoms with van der Waals surface area (Å²) in [5, 5.41) is 11.7. The smallest absolute Gasteiger partial charge is 0.230 e. The molecule has 0 atom stereocenters. The van der Waals surface area contributed by atoms with Crippen molar-refractivity contribution in [2.45, 2.75) is 12.8 Å². The lowest BCUT2D eigenvalue weighted by Crippen LogP contribution is -2.27. The van der Waals surface area contributed by atoms with Gasteiger partial charge in [-0.1, -0.05) is 23.4 Å². The molecule has 6 heteroatoms. The van der Waals surface area contributed by atoms with Gasteiger partial charge in [-0.3, -0.25) is 0 Å². The van der Waals surface area contributed by atoms with E-state index in [2.05, 4.69) is 32.2 Å². The third-order valence-corrected chi connectivity index (χ3v) is 3.36. The van der Waals surface area contributed by atoms with Gasteiger partial charge < -0.3 is 15.8 Å². The quantitative estimate of drug-likeness (QED) is 0.374. The molecule has 0 unspecified atom stereocenters. The molecule has 2 heterocycles. The van der Waals surface area contributed by atoms with E-state index in [1.807, 2.05) is 12.1 Å². The summed E-state index contributed by atoms with van der Waals surface area (Å²) in [5.41, 5.74) is 8.40. The molecule has 1 aromatic heterocycles. The van der Waals surface area contributed by atoms with Crippen LogP contribution in [0.15, 0.2) is 41.7 Å². The maximum absolute atomic E-state index is 8.74. The van der Waals surface area contributed by atoms with E-state index in [0.717, 1.165) is 25.1 Å². The molecule has 0 radical (unpaired) electrons. The number of benzene rings is 1. The zero-order chi connectivity index (χ0) is 13.9. The van der Waals surface area contributed by atoms with Gasteiger partial charge in [0.15, 0.2) is 5.84 Å². The van der Waals surface area contributed by atoms with E-state index in [1.165, 1.54) is 5.56 Å². The molecule has 2 aromatic rings. The lowest BCUT2D eigenvalue weighted by Gasteiger charge is -2.29. The summed E-state index contributed by atoms with van der Waals surface area (Å²) >= 11 is 0. The normalized spacial score (nSPS) is 15.0. The Morgan fingerprint density at radius 2 is 2.15 bits per heavy atom. The Kier molecular flexibility index (Phi) is 3.20. The molecule has 3 N–H and O–H groups in total. The Labute approximate surface area is 116 Å². The van der Waals surface area contributed by atoms with Crippen LogP contribution in [0.1, 0.15) is 17.7 Å². The molecule has 0 aliphatic carbocycles. The summed E-state index contributed by atoms with van der Waals surface area (Å²) in [4.78, 5) is 10.7. The molecule has 1 aliphatic heterocycles. The standard InChI is InChI=1S/C14H15N5O/c15-13(18-20)11-7-8-16-14(17-11)19-9-3-5-10-4-1-2-6-12(10)19/h1-2,4,6-8,20H,3,5,9H2,(H2,15,18). The molecule has 102 valence electrons. The van der Waals surface area contributed by atoms with Crippen LogP contribution in [0.4, 0.5) is 11.6 Å². The number of aromatic nitrogens is 2. The molecule has 0 spiro atoms. The molecule has 1 aliphatic rings. The van der Waals surface area contributed by atoms with Crippen molar-refractivity contribution in [2.24, 2.45) is 10.9 Å². The van der Waals surface area contributed by atoms with Gasteiger partial charge in [0, 0.05) is 18.4 Å². The molecular weight excluding hydrogens is 254 g/mol. The van der Waals surface area contributed by atoms with Crippen LogP contribution in [-0.2, 0) is 6.42 Å². The van der Waals surface area contributed by atoms with E-state index in [1.54, 1.807) is 12.3 Å². The third kappa shape index (κ3) is 2.16. The average Bonchev–Trinajstić information content (AvgIpc) is 2.53. The summed E-state index contributed by atoms with van der Waals surface area (Å²) in [7, 11) is 0. The Hall–Kier alpha value is -2.63. The minimum Gasteiger partial charge on any atom is -0.409 e.